The number of rotatable bonds is 4. The lowest BCUT2D eigenvalue weighted by molar-refractivity contribution is -0.182. The van der Waals surface area contributed by atoms with Gasteiger partial charge in [-0.05, 0) is 45.1 Å². The molecule has 1 atom stereocenters. The molecular formula is C19H25NO4. The van der Waals surface area contributed by atoms with Crippen molar-refractivity contribution in [3.63, 3.8) is 0 Å². The second-order valence-corrected chi connectivity index (χ2v) is 7.40. The summed E-state index contributed by atoms with van der Waals surface area (Å²) in [6.45, 7) is 4.65. The number of aliphatic carboxylic acids is 1. The molecule has 1 aliphatic carbocycles. The molecular weight excluding hydrogens is 306 g/mol. The second-order valence-electron chi connectivity index (χ2n) is 7.40. The number of carbonyl (C=O) groups is 2. The van der Waals surface area contributed by atoms with Crippen LogP contribution in [0.3, 0.4) is 0 Å². The topological polar surface area (TPSA) is 75.6 Å². The number of nitrogens with one attached hydrogen (secondary N) is 1. The fraction of sp³-hybridized carbons (Fsp3) is 0.579. The van der Waals surface area contributed by atoms with Gasteiger partial charge in [0.15, 0.2) is 0 Å². The minimum absolute atomic E-state index is 0.0242. The van der Waals surface area contributed by atoms with E-state index in [1.807, 2.05) is 26.0 Å². The summed E-state index contributed by atoms with van der Waals surface area (Å²) in [4.78, 5) is 23.3. The van der Waals surface area contributed by atoms with Crippen molar-refractivity contribution in [2.45, 2.75) is 57.6 Å². The van der Waals surface area contributed by atoms with E-state index < -0.39 is 5.97 Å². The molecule has 1 aromatic rings. The minimum Gasteiger partial charge on any atom is -0.481 e. The van der Waals surface area contributed by atoms with Gasteiger partial charge in [0, 0.05) is 12.6 Å². The molecule has 1 aliphatic heterocycles. The molecule has 3 rings (SSSR count). The van der Waals surface area contributed by atoms with Gasteiger partial charge in [-0.2, -0.15) is 0 Å². The summed E-state index contributed by atoms with van der Waals surface area (Å²) >= 11 is 0. The van der Waals surface area contributed by atoms with Crippen LogP contribution in [0.2, 0.25) is 0 Å². The first-order chi connectivity index (χ1) is 11.3. The minimum atomic E-state index is -0.745. The van der Waals surface area contributed by atoms with Gasteiger partial charge < -0.3 is 15.2 Å². The van der Waals surface area contributed by atoms with E-state index in [0.29, 0.717) is 25.9 Å². The SMILES string of the molecule is Cc1cc(C)cc(CC(=O)NC2CCOC3(C2)CC(C(=O)O)C3)c1. The monoisotopic (exact) mass is 331 g/mol. The van der Waals surface area contributed by atoms with E-state index in [0.717, 1.165) is 29.5 Å². The summed E-state index contributed by atoms with van der Waals surface area (Å²) in [5, 5.41) is 12.1. The molecule has 130 valence electrons. The Balaban J connectivity index is 1.54. The van der Waals surface area contributed by atoms with Crippen LogP contribution in [0.5, 0.6) is 0 Å². The van der Waals surface area contributed by atoms with E-state index in [4.69, 9.17) is 9.84 Å². The van der Waals surface area contributed by atoms with Crippen LogP contribution in [0.4, 0.5) is 0 Å². The van der Waals surface area contributed by atoms with Crippen LogP contribution < -0.4 is 5.32 Å². The van der Waals surface area contributed by atoms with Crippen LogP contribution >= 0.6 is 0 Å². The average Bonchev–Trinajstić information content (AvgIpc) is 2.43. The molecule has 1 heterocycles. The van der Waals surface area contributed by atoms with Gasteiger partial charge in [0.05, 0.1) is 17.9 Å². The average molecular weight is 331 g/mol. The highest BCUT2D eigenvalue weighted by molar-refractivity contribution is 5.79. The number of hydrogen-bond donors (Lipinski definition) is 2. The third-order valence-electron chi connectivity index (χ3n) is 5.09. The fourth-order valence-electron chi connectivity index (χ4n) is 4.08. The van der Waals surface area contributed by atoms with Gasteiger partial charge in [-0.15, -0.1) is 0 Å². The number of ether oxygens (including phenoxy) is 1. The van der Waals surface area contributed by atoms with Gasteiger partial charge >= 0.3 is 5.97 Å². The Bertz CT molecular complexity index is 629. The normalized spacial score (nSPS) is 29.1. The van der Waals surface area contributed by atoms with Crippen molar-refractivity contribution >= 4 is 11.9 Å². The molecule has 2 fully saturated rings. The lowest BCUT2D eigenvalue weighted by atomic mass is 9.66. The Morgan fingerprint density at radius 2 is 1.88 bits per heavy atom. The van der Waals surface area contributed by atoms with Crippen LogP contribution in [-0.2, 0) is 20.7 Å². The van der Waals surface area contributed by atoms with Crippen molar-refractivity contribution in [2.75, 3.05) is 6.61 Å². The smallest absolute Gasteiger partial charge is 0.306 e. The largest absolute Gasteiger partial charge is 0.481 e. The molecule has 1 aromatic carbocycles. The first-order valence-corrected chi connectivity index (χ1v) is 8.58. The third-order valence-corrected chi connectivity index (χ3v) is 5.09. The number of benzene rings is 1. The molecule has 1 saturated heterocycles. The molecule has 0 bridgehead atoms. The predicted molar refractivity (Wildman–Crippen MR) is 89.8 cm³/mol. The van der Waals surface area contributed by atoms with Crippen molar-refractivity contribution in [3.8, 4) is 0 Å². The maximum absolute atomic E-state index is 12.3. The van der Waals surface area contributed by atoms with Crippen LogP contribution in [0, 0.1) is 19.8 Å². The number of hydrogen-bond acceptors (Lipinski definition) is 3. The molecule has 24 heavy (non-hydrogen) atoms. The molecule has 2 aliphatic rings. The number of carboxylic acids is 1. The fourth-order valence-corrected chi connectivity index (χ4v) is 4.08. The Hall–Kier alpha value is -1.88. The standard InChI is InChI=1S/C19H25NO4/c1-12-5-13(2)7-14(6-12)8-17(21)20-16-3-4-24-19(11-16)9-15(10-19)18(22)23/h5-7,15-16H,3-4,8-11H2,1-2H3,(H,20,21)(H,22,23). The molecule has 0 radical (unpaired) electrons. The first-order valence-electron chi connectivity index (χ1n) is 8.58. The Morgan fingerprint density at radius 1 is 1.21 bits per heavy atom. The van der Waals surface area contributed by atoms with Crippen molar-refractivity contribution in [1.82, 2.24) is 5.32 Å². The van der Waals surface area contributed by atoms with Gasteiger partial charge in [0.25, 0.3) is 0 Å². The molecule has 5 heteroatoms. The molecule has 1 saturated carbocycles. The van der Waals surface area contributed by atoms with E-state index in [-0.39, 0.29) is 23.5 Å². The van der Waals surface area contributed by atoms with Crippen LogP contribution in [0.1, 0.15) is 42.4 Å². The van der Waals surface area contributed by atoms with Crippen molar-refractivity contribution in [1.29, 1.82) is 0 Å². The van der Waals surface area contributed by atoms with Crippen molar-refractivity contribution in [2.24, 2.45) is 5.92 Å². The summed E-state index contributed by atoms with van der Waals surface area (Å²) in [6.07, 6.45) is 3.01. The van der Waals surface area contributed by atoms with Gasteiger partial charge in [-0.3, -0.25) is 9.59 Å². The van der Waals surface area contributed by atoms with Gasteiger partial charge in [0.1, 0.15) is 0 Å². The van der Waals surface area contributed by atoms with E-state index in [2.05, 4.69) is 11.4 Å². The first kappa shape index (κ1) is 17.0. The number of carboxylic acid groups (broad SMARTS) is 1. The van der Waals surface area contributed by atoms with Crippen molar-refractivity contribution < 1.29 is 19.4 Å². The van der Waals surface area contributed by atoms with Crippen LogP contribution in [0.15, 0.2) is 18.2 Å². The zero-order chi connectivity index (χ0) is 17.3. The van der Waals surface area contributed by atoms with Crippen LogP contribution in [0.25, 0.3) is 0 Å². The van der Waals surface area contributed by atoms with Crippen molar-refractivity contribution in [3.05, 3.63) is 34.9 Å². The number of carbonyl (C=O) groups excluding carboxylic acids is 1. The van der Waals surface area contributed by atoms with Gasteiger partial charge in [-0.1, -0.05) is 29.3 Å². The second kappa shape index (κ2) is 6.55. The third kappa shape index (κ3) is 3.78. The zero-order valence-corrected chi connectivity index (χ0v) is 14.3. The lowest BCUT2D eigenvalue weighted by Gasteiger charge is -2.50. The number of aryl methyl sites for hydroxylation is 2. The zero-order valence-electron chi connectivity index (χ0n) is 14.3. The van der Waals surface area contributed by atoms with Gasteiger partial charge in [0.2, 0.25) is 5.91 Å². The molecule has 0 aromatic heterocycles. The van der Waals surface area contributed by atoms with Crippen LogP contribution in [-0.4, -0.2) is 35.2 Å². The Labute approximate surface area is 142 Å². The van der Waals surface area contributed by atoms with E-state index >= 15 is 0 Å². The lowest BCUT2D eigenvalue weighted by Crippen LogP contribution is -2.56. The van der Waals surface area contributed by atoms with E-state index in [9.17, 15) is 9.59 Å². The maximum atomic E-state index is 12.3. The van der Waals surface area contributed by atoms with E-state index in [1.165, 1.54) is 0 Å². The predicted octanol–water partition coefficient (Wildman–Crippen LogP) is 2.37. The summed E-state index contributed by atoms with van der Waals surface area (Å²) < 4.78 is 5.83. The quantitative estimate of drug-likeness (QED) is 0.888. The summed E-state index contributed by atoms with van der Waals surface area (Å²) in [5.41, 5.74) is 3.02. The molecule has 5 nitrogen and oxygen atoms in total. The molecule has 1 unspecified atom stereocenters. The summed E-state index contributed by atoms with van der Waals surface area (Å²) in [6, 6.07) is 6.26. The molecule has 2 N–H and O–H groups in total. The van der Waals surface area contributed by atoms with E-state index in [1.54, 1.807) is 0 Å². The highest BCUT2D eigenvalue weighted by Gasteiger charge is 2.51. The van der Waals surface area contributed by atoms with Gasteiger partial charge in [-0.25, -0.2) is 0 Å². The summed E-state index contributed by atoms with van der Waals surface area (Å²) in [5.74, 6) is -1.02. The molecule has 1 spiro atoms. The maximum Gasteiger partial charge on any atom is 0.306 e. The Morgan fingerprint density at radius 3 is 2.50 bits per heavy atom. The highest BCUT2D eigenvalue weighted by atomic mass is 16.5. The Kier molecular flexibility index (Phi) is 4.63. The molecule has 1 amide bonds. The summed E-state index contributed by atoms with van der Waals surface area (Å²) in [7, 11) is 0. The number of amides is 1. The highest BCUT2D eigenvalue weighted by Crippen LogP contribution is 2.46.